The number of nitrogens with one attached hydrogen (secondary N) is 2. The first-order chi connectivity index (χ1) is 12.6. The molecule has 0 unspecified atom stereocenters. The fourth-order valence-corrected chi connectivity index (χ4v) is 4.11. The van der Waals surface area contributed by atoms with Crippen molar-refractivity contribution >= 4 is 33.4 Å². The van der Waals surface area contributed by atoms with Crippen molar-refractivity contribution in [3.8, 4) is 0 Å². The maximum absolute atomic E-state index is 13.7. The average Bonchev–Trinajstić information content (AvgIpc) is 2.60. The van der Waals surface area contributed by atoms with Gasteiger partial charge in [0.25, 0.3) is 15.9 Å². The van der Waals surface area contributed by atoms with E-state index in [1.807, 2.05) is 0 Å². The summed E-state index contributed by atoms with van der Waals surface area (Å²) in [4.78, 5) is 12.2. The molecule has 0 aliphatic carbocycles. The van der Waals surface area contributed by atoms with Crippen LogP contribution in [0, 0.1) is 5.82 Å². The Labute approximate surface area is 163 Å². The minimum atomic E-state index is -4.01. The number of amides is 1. The lowest BCUT2D eigenvalue weighted by molar-refractivity contribution is 0.0956. The minimum Gasteiger partial charge on any atom is -0.351 e. The van der Waals surface area contributed by atoms with Crippen LogP contribution < -0.4 is 10.0 Å². The summed E-state index contributed by atoms with van der Waals surface area (Å²) in [5.41, 5.74) is 0.0822. The van der Waals surface area contributed by atoms with Gasteiger partial charge in [-0.2, -0.15) is 11.8 Å². The molecule has 0 bridgehead atoms. The maximum Gasteiger partial charge on any atom is 0.262 e. The number of thioether (sulfide) groups is 1. The van der Waals surface area contributed by atoms with Crippen molar-refractivity contribution < 1.29 is 17.6 Å². The molecule has 0 saturated carbocycles. The Hall–Kier alpha value is -2.06. The zero-order valence-corrected chi connectivity index (χ0v) is 17.1. The second-order valence-corrected chi connectivity index (χ2v) is 10.4. The quantitative estimate of drug-likeness (QED) is 0.679. The molecule has 8 heteroatoms. The van der Waals surface area contributed by atoms with Crippen LogP contribution in [0.5, 0.6) is 0 Å². The van der Waals surface area contributed by atoms with Crippen LogP contribution in [0.25, 0.3) is 0 Å². The molecule has 1 amide bonds. The van der Waals surface area contributed by atoms with E-state index in [9.17, 15) is 17.6 Å². The van der Waals surface area contributed by atoms with E-state index in [1.165, 1.54) is 42.5 Å². The van der Waals surface area contributed by atoms with Crippen molar-refractivity contribution in [1.82, 2.24) is 5.32 Å². The highest BCUT2D eigenvalue weighted by Crippen LogP contribution is 2.22. The van der Waals surface area contributed by atoms with E-state index >= 15 is 0 Å². The largest absolute Gasteiger partial charge is 0.351 e. The van der Waals surface area contributed by atoms with Crippen LogP contribution in [0.4, 0.5) is 10.1 Å². The average molecular weight is 411 g/mol. The molecule has 0 aliphatic heterocycles. The lowest BCUT2D eigenvalue weighted by Gasteiger charge is -2.17. The Balaban J connectivity index is 2.07. The van der Waals surface area contributed by atoms with Crippen molar-refractivity contribution in [3.05, 3.63) is 59.9 Å². The second-order valence-electron chi connectivity index (χ2n) is 6.83. The number of carbonyl (C=O) groups excluding carboxylic acids is 1. The molecule has 0 heterocycles. The molecular formula is C19H23FN2O3S2. The molecule has 2 aromatic carbocycles. The van der Waals surface area contributed by atoms with Crippen LogP contribution in [0.1, 0.15) is 31.1 Å². The molecule has 27 heavy (non-hydrogen) atoms. The van der Waals surface area contributed by atoms with E-state index in [2.05, 4.69) is 30.8 Å². The zero-order valence-electron chi connectivity index (χ0n) is 15.5. The van der Waals surface area contributed by atoms with Gasteiger partial charge in [0.2, 0.25) is 0 Å². The molecule has 0 aromatic heterocycles. The molecule has 0 saturated heterocycles. The third kappa shape index (κ3) is 6.55. The number of carbonyl (C=O) groups is 1. The van der Waals surface area contributed by atoms with Crippen molar-refractivity contribution in [1.29, 1.82) is 0 Å². The maximum atomic E-state index is 13.7. The van der Waals surface area contributed by atoms with Gasteiger partial charge < -0.3 is 5.32 Å². The van der Waals surface area contributed by atoms with Gasteiger partial charge in [0.15, 0.2) is 0 Å². The number of hydrogen-bond acceptors (Lipinski definition) is 4. The minimum absolute atomic E-state index is 0.108. The van der Waals surface area contributed by atoms with Gasteiger partial charge in [-0.3, -0.25) is 9.52 Å². The van der Waals surface area contributed by atoms with Gasteiger partial charge in [-0.15, -0.1) is 0 Å². The summed E-state index contributed by atoms with van der Waals surface area (Å²) >= 11 is 1.72. The summed E-state index contributed by atoms with van der Waals surface area (Å²) in [6.07, 6.45) is 0. The van der Waals surface area contributed by atoms with E-state index in [0.717, 1.165) is 11.8 Å². The normalized spacial score (nSPS) is 11.9. The third-order valence-corrected chi connectivity index (χ3v) is 6.08. The number of sulfonamides is 1. The standard InChI is InChI=1S/C19H23FN2O3S2/c1-19(2,3)26-12-11-21-18(23)14-7-6-8-15(13-14)27(24,25)22-17-10-5-4-9-16(17)20/h4-10,13,22H,11-12H2,1-3H3,(H,21,23). The van der Waals surface area contributed by atoms with Crippen LogP contribution in [0.15, 0.2) is 53.4 Å². The van der Waals surface area contributed by atoms with E-state index in [-0.39, 0.29) is 26.8 Å². The molecule has 2 N–H and O–H groups in total. The van der Waals surface area contributed by atoms with Gasteiger partial charge in [-0.05, 0) is 30.3 Å². The molecule has 0 spiro atoms. The predicted octanol–water partition coefficient (Wildman–Crippen LogP) is 3.89. The Morgan fingerprint density at radius 1 is 1.11 bits per heavy atom. The van der Waals surface area contributed by atoms with E-state index in [0.29, 0.717) is 6.54 Å². The number of benzene rings is 2. The third-order valence-electron chi connectivity index (χ3n) is 3.45. The van der Waals surface area contributed by atoms with Crippen molar-refractivity contribution in [3.63, 3.8) is 0 Å². The van der Waals surface area contributed by atoms with Crippen LogP contribution in [0.3, 0.4) is 0 Å². The van der Waals surface area contributed by atoms with Gasteiger partial charge in [0.05, 0.1) is 10.6 Å². The summed E-state index contributed by atoms with van der Waals surface area (Å²) < 4.78 is 41.0. The number of halogens is 1. The first-order valence-electron chi connectivity index (χ1n) is 8.38. The Morgan fingerprint density at radius 2 is 1.81 bits per heavy atom. The van der Waals surface area contributed by atoms with Crippen LogP contribution in [-0.2, 0) is 10.0 Å². The lowest BCUT2D eigenvalue weighted by Crippen LogP contribution is -2.27. The highest BCUT2D eigenvalue weighted by Gasteiger charge is 2.18. The number of anilines is 1. The zero-order chi connectivity index (χ0) is 20.1. The molecule has 146 valence electrons. The molecule has 0 radical (unpaired) electrons. The fraction of sp³-hybridized carbons (Fsp3) is 0.316. The van der Waals surface area contributed by atoms with Gasteiger partial charge >= 0.3 is 0 Å². The van der Waals surface area contributed by atoms with Crippen LogP contribution in [-0.4, -0.2) is 31.4 Å². The van der Waals surface area contributed by atoms with Gasteiger partial charge in [0.1, 0.15) is 5.82 Å². The fourth-order valence-electron chi connectivity index (χ4n) is 2.18. The van der Waals surface area contributed by atoms with Crippen molar-refractivity contribution in [2.24, 2.45) is 0 Å². The van der Waals surface area contributed by atoms with Crippen LogP contribution in [0.2, 0.25) is 0 Å². The van der Waals surface area contributed by atoms with Gasteiger partial charge in [0, 0.05) is 22.6 Å². The summed E-state index contributed by atoms with van der Waals surface area (Å²) in [5.74, 6) is -0.277. The number of para-hydroxylation sites is 1. The molecule has 5 nitrogen and oxygen atoms in total. The SMILES string of the molecule is CC(C)(C)SCCNC(=O)c1cccc(S(=O)(=O)Nc2ccccc2F)c1. The lowest BCUT2D eigenvalue weighted by atomic mass is 10.2. The van der Waals surface area contributed by atoms with Crippen molar-refractivity contribution in [2.75, 3.05) is 17.0 Å². The molecular weight excluding hydrogens is 387 g/mol. The summed E-state index contributed by atoms with van der Waals surface area (Å²) in [6.45, 7) is 6.76. The topological polar surface area (TPSA) is 75.3 Å². The Kier molecular flexibility index (Phi) is 6.89. The first kappa shape index (κ1) is 21.2. The summed E-state index contributed by atoms with van der Waals surface area (Å²) in [5, 5.41) is 2.77. The molecule has 2 aromatic rings. The van der Waals surface area contributed by atoms with E-state index in [4.69, 9.17) is 0 Å². The molecule has 0 fully saturated rings. The van der Waals surface area contributed by atoms with Gasteiger partial charge in [-0.1, -0.05) is 39.0 Å². The predicted molar refractivity (Wildman–Crippen MR) is 108 cm³/mol. The molecule has 0 atom stereocenters. The molecule has 0 aliphatic rings. The monoisotopic (exact) mass is 410 g/mol. The smallest absolute Gasteiger partial charge is 0.262 e. The van der Waals surface area contributed by atoms with E-state index in [1.54, 1.807) is 11.8 Å². The Bertz CT molecular complexity index is 909. The summed E-state index contributed by atoms with van der Waals surface area (Å²) in [6, 6.07) is 11.1. The van der Waals surface area contributed by atoms with E-state index < -0.39 is 15.8 Å². The Morgan fingerprint density at radius 3 is 2.48 bits per heavy atom. The van der Waals surface area contributed by atoms with Crippen molar-refractivity contribution in [2.45, 2.75) is 30.4 Å². The number of hydrogen-bond donors (Lipinski definition) is 2. The molecule has 2 rings (SSSR count). The highest BCUT2D eigenvalue weighted by molar-refractivity contribution is 8.00. The second kappa shape index (κ2) is 8.75. The van der Waals surface area contributed by atoms with Gasteiger partial charge in [-0.25, -0.2) is 12.8 Å². The highest BCUT2D eigenvalue weighted by atomic mass is 32.2. The first-order valence-corrected chi connectivity index (χ1v) is 10.8. The van der Waals surface area contributed by atoms with Crippen LogP contribution >= 0.6 is 11.8 Å². The summed E-state index contributed by atoms with van der Waals surface area (Å²) in [7, 11) is -4.01. The number of rotatable bonds is 7.